The number of hydrogen-bond donors (Lipinski definition) is 2. The molecular formula is C23H30N4O4. The summed E-state index contributed by atoms with van der Waals surface area (Å²) in [5.41, 5.74) is 2.67. The molecule has 8 heteroatoms. The first kappa shape index (κ1) is 22.6. The Morgan fingerprint density at radius 2 is 2.00 bits per heavy atom. The van der Waals surface area contributed by atoms with Crippen LogP contribution in [0.5, 0.6) is 0 Å². The minimum absolute atomic E-state index is 0.104. The number of benzene rings is 1. The number of fused-ring (bicyclic) bond motifs is 1. The Morgan fingerprint density at radius 3 is 2.68 bits per heavy atom. The summed E-state index contributed by atoms with van der Waals surface area (Å²) in [5, 5.41) is 5.96. The van der Waals surface area contributed by atoms with Crippen LogP contribution in [0, 0.1) is 12.3 Å². The van der Waals surface area contributed by atoms with E-state index in [-0.39, 0.29) is 25.0 Å². The molecule has 1 atom stereocenters. The molecule has 1 fully saturated rings. The van der Waals surface area contributed by atoms with Gasteiger partial charge in [-0.25, -0.2) is 0 Å². The van der Waals surface area contributed by atoms with Gasteiger partial charge in [-0.2, -0.15) is 0 Å². The number of anilines is 1. The lowest BCUT2D eigenvalue weighted by Gasteiger charge is -2.32. The summed E-state index contributed by atoms with van der Waals surface area (Å²) in [6.07, 6.45) is 5.78. The van der Waals surface area contributed by atoms with Gasteiger partial charge in [-0.15, -0.1) is 6.42 Å². The van der Waals surface area contributed by atoms with E-state index in [1.54, 1.807) is 13.8 Å². The monoisotopic (exact) mass is 426 g/mol. The Labute approximate surface area is 183 Å². The zero-order chi connectivity index (χ0) is 22.4. The van der Waals surface area contributed by atoms with Crippen LogP contribution in [0.4, 0.5) is 5.69 Å². The zero-order valence-electron chi connectivity index (χ0n) is 18.1. The summed E-state index contributed by atoms with van der Waals surface area (Å²) in [6, 6.07) is 5.23. The average Bonchev–Trinajstić information content (AvgIpc) is 2.75. The lowest BCUT2D eigenvalue weighted by atomic mass is 9.97. The first-order valence-corrected chi connectivity index (χ1v) is 10.7. The van der Waals surface area contributed by atoms with Gasteiger partial charge in [-0.05, 0) is 38.0 Å². The summed E-state index contributed by atoms with van der Waals surface area (Å²) in [7, 11) is 0. The van der Waals surface area contributed by atoms with Crippen LogP contribution in [0.1, 0.15) is 36.2 Å². The fourth-order valence-electron chi connectivity index (χ4n) is 3.82. The summed E-state index contributed by atoms with van der Waals surface area (Å²) < 4.78 is 5.07. The number of piperazine rings is 1. The van der Waals surface area contributed by atoms with Crippen LogP contribution in [0.3, 0.4) is 0 Å². The van der Waals surface area contributed by atoms with Crippen molar-refractivity contribution < 1.29 is 19.1 Å². The predicted molar refractivity (Wildman–Crippen MR) is 118 cm³/mol. The van der Waals surface area contributed by atoms with Crippen molar-refractivity contribution in [3.63, 3.8) is 0 Å². The smallest absolute Gasteiger partial charge is 0.309 e. The summed E-state index contributed by atoms with van der Waals surface area (Å²) in [6.45, 7) is 7.47. The molecule has 2 amide bonds. The standard InChI is InChI=1S/C23H30N4O4/c1-4-18(13-22(29)31-16(2)3)25-21(28)15-27-10-7-17-5-6-19(14-20(17)23(27)30)26-11-8-24-9-12-26/h1,5-6,14,16,18,24H,7-13,15H2,2-3H3,(H,25,28)/t18-/m1/s1. The van der Waals surface area contributed by atoms with Crippen molar-refractivity contribution >= 4 is 23.5 Å². The molecule has 2 aliphatic heterocycles. The van der Waals surface area contributed by atoms with Gasteiger partial charge in [-0.3, -0.25) is 14.4 Å². The van der Waals surface area contributed by atoms with E-state index in [4.69, 9.17) is 11.2 Å². The van der Waals surface area contributed by atoms with Gasteiger partial charge in [0.1, 0.15) is 6.04 Å². The number of ether oxygens (including phenoxy) is 1. The second kappa shape index (κ2) is 10.3. The van der Waals surface area contributed by atoms with Crippen molar-refractivity contribution in [1.29, 1.82) is 0 Å². The highest BCUT2D eigenvalue weighted by atomic mass is 16.5. The molecule has 1 aromatic rings. The van der Waals surface area contributed by atoms with Gasteiger partial charge >= 0.3 is 5.97 Å². The molecule has 0 spiro atoms. The SMILES string of the molecule is C#C[C@H](CC(=O)OC(C)C)NC(=O)CN1CCc2ccc(N3CCNCC3)cc2C1=O. The third-order valence-corrected chi connectivity index (χ3v) is 5.35. The molecule has 0 bridgehead atoms. The van der Waals surface area contributed by atoms with Gasteiger partial charge in [-0.1, -0.05) is 12.0 Å². The maximum absolute atomic E-state index is 13.0. The highest BCUT2D eigenvalue weighted by molar-refractivity contribution is 5.99. The van der Waals surface area contributed by atoms with Gasteiger partial charge in [0.15, 0.2) is 0 Å². The fourth-order valence-corrected chi connectivity index (χ4v) is 3.82. The average molecular weight is 427 g/mol. The molecule has 8 nitrogen and oxygen atoms in total. The lowest BCUT2D eigenvalue weighted by Crippen LogP contribution is -2.47. The molecule has 0 unspecified atom stereocenters. The third kappa shape index (κ3) is 5.98. The molecule has 2 N–H and O–H groups in total. The van der Waals surface area contributed by atoms with E-state index >= 15 is 0 Å². The molecule has 166 valence electrons. The van der Waals surface area contributed by atoms with E-state index < -0.39 is 17.9 Å². The Balaban J connectivity index is 1.61. The fraction of sp³-hybridized carbons (Fsp3) is 0.522. The minimum Gasteiger partial charge on any atom is -0.463 e. The minimum atomic E-state index is -0.773. The van der Waals surface area contributed by atoms with E-state index in [1.807, 2.05) is 12.1 Å². The Hall–Kier alpha value is -3.05. The topological polar surface area (TPSA) is 91.0 Å². The van der Waals surface area contributed by atoms with Crippen LogP contribution in [0.15, 0.2) is 18.2 Å². The number of carbonyl (C=O) groups is 3. The van der Waals surface area contributed by atoms with E-state index in [9.17, 15) is 14.4 Å². The second-order valence-corrected chi connectivity index (χ2v) is 8.08. The van der Waals surface area contributed by atoms with Crippen LogP contribution in [0.2, 0.25) is 0 Å². The quantitative estimate of drug-likeness (QED) is 0.489. The molecular weight excluding hydrogens is 396 g/mol. The molecule has 0 saturated carbocycles. The van der Waals surface area contributed by atoms with Crippen LogP contribution >= 0.6 is 0 Å². The van der Waals surface area contributed by atoms with Crippen LogP contribution in [0.25, 0.3) is 0 Å². The van der Waals surface area contributed by atoms with Crippen molar-refractivity contribution in [2.24, 2.45) is 0 Å². The molecule has 0 radical (unpaired) electrons. The van der Waals surface area contributed by atoms with E-state index in [2.05, 4.69) is 27.5 Å². The summed E-state index contributed by atoms with van der Waals surface area (Å²) in [4.78, 5) is 41.1. The maximum atomic E-state index is 13.0. The summed E-state index contributed by atoms with van der Waals surface area (Å²) >= 11 is 0. The normalized spacial score (nSPS) is 17.0. The molecule has 0 aliphatic carbocycles. The zero-order valence-corrected chi connectivity index (χ0v) is 18.1. The number of nitrogens with one attached hydrogen (secondary N) is 2. The van der Waals surface area contributed by atoms with Crippen molar-refractivity contribution in [3.05, 3.63) is 29.3 Å². The van der Waals surface area contributed by atoms with Crippen molar-refractivity contribution in [2.45, 2.75) is 38.8 Å². The third-order valence-electron chi connectivity index (χ3n) is 5.35. The molecule has 0 aromatic heterocycles. The van der Waals surface area contributed by atoms with Gasteiger partial charge in [0.05, 0.1) is 19.1 Å². The molecule has 2 aliphatic rings. The predicted octanol–water partition coefficient (Wildman–Crippen LogP) is 0.554. The Bertz CT molecular complexity index is 871. The second-order valence-electron chi connectivity index (χ2n) is 8.08. The Kier molecular flexibility index (Phi) is 7.53. The number of esters is 1. The van der Waals surface area contributed by atoms with E-state index in [0.29, 0.717) is 18.5 Å². The highest BCUT2D eigenvalue weighted by Gasteiger charge is 2.27. The highest BCUT2D eigenvalue weighted by Crippen LogP contribution is 2.25. The number of terminal acetylenes is 1. The molecule has 1 aromatic carbocycles. The van der Waals surface area contributed by atoms with E-state index in [0.717, 1.165) is 37.4 Å². The first-order chi connectivity index (χ1) is 14.9. The van der Waals surface area contributed by atoms with Crippen LogP contribution < -0.4 is 15.5 Å². The van der Waals surface area contributed by atoms with Crippen molar-refractivity contribution in [1.82, 2.24) is 15.5 Å². The number of amides is 2. The Morgan fingerprint density at radius 1 is 1.26 bits per heavy atom. The van der Waals surface area contributed by atoms with E-state index in [1.165, 1.54) is 4.90 Å². The van der Waals surface area contributed by atoms with Gasteiger partial charge in [0.25, 0.3) is 5.91 Å². The largest absolute Gasteiger partial charge is 0.463 e. The van der Waals surface area contributed by atoms with Crippen LogP contribution in [-0.4, -0.2) is 74.1 Å². The van der Waals surface area contributed by atoms with Gasteiger partial charge in [0, 0.05) is 44.0 Å². The number of hydrogen-bond acceptors (Lipinski definition) is 6. The maximum Gasteiger partial charge on any atom is 0.309 e. The summed E-state index contributed by atoms with van der Waals surface area (Å²) in [5.74, 6) is 1.37. The molecule has 1 saturated heterocycles. The lowest BCUT2D eigenvalue weighted by molar-refractivity contribution is -0.147. The van der Waals surface area contributed by atoms with Crippen molar-refractivity contribution in [2.75, 3.05) is 44.2 Å². The van der Waals surface area contributed by atoms with Crippen molar-refractivity contribution in [3.8, 4) is 12.3 Å². The van der Waals surface area contributed by atoms with Gasteiger partial charge < -0.3 is 25.2 Å². The van der Waals surface area contributed by atoms with Gasteiger partial charge in [0.2, 0.25) is 5.91 Å². The molecule has 2 heterocycles. The molecule has 31 heavy (non-hydrogen) atoms. The number of rotatable bonds is 7. The molecule has 3 rings (SSSR count). The first-order valence-electron chi connectivity index (χ1n) is 10.7. The number of carbonyl (C=O) groups excluding carboxylic acids is 3. The number of nitrogens with zero attached hydrogens (tertiary/aromatic N) is 2. The van der Waals surface area contributed by atoms with Crippen LogP contribution in [-0.2, 0) is 20.7 Å².